The number of halogens is 3. The number of alkyl halides is 3. The smallest absolute Gasteiger partial charge is 0.441 e. The van der Waals surface area contributed by atoms with Crippen LogP contribution < -0.4 is 15.1 Å². The zero-order valence-corrected chi connectivity index (χ0v) is 8.25. The number of rotatable bonds is 4. The van der Waals surface area contributed by atoms with Crippen molar-refractivity contribution in [2.45, 2.75) is 6.18 Å². The van der Waals surface area contributed by atoms with Crippen molar-refractivity contribution in [3.8, 4) is 0 Å². The maximum atomic E-state index is 11.7. The van der Waals surface area contributed by atoms with Gasteiger partial charge in [-0.2, -0.15) is 13.2 Å². The highest BCUT2D eigenvalue weighted by molar-refractivity contribution is 7.80. The van der Waals surface area contributed by atoms with E-state index in [1.165, 1.54) is 0 Å². The Morgan fingerprint density at radius 2 is 2.00 bits per heavy atom. The van der Waals surface area contributed by atoms with Gasteiger partial charge in [-0.3, -0.25) is 0 Å². The van der Waals surface area contributed by atoms with Crippen LogP contribution in [0.5, 0.6) is 0 Å². The molecule has 0 radical (unpaired) electrons. The second kappa shape index (κ2) is 5.04. The molecule has 0 heterocycles. The summed E-state index contributed by atoms with van der Waals surface area (Å²) in [6, 6.07) is 0. The monoisotopic (exact) mass is 251 g/mol. The first kappa shape index (κ1) is 13.8. The minimum atomic E-state index is -5.13. The third-order valence-corrected chi connectivity index (χ3v) is 1.77. The van der Waals surface area contributed by atoms with Gasteiger partial charge < -0.3 is 24.2 Å². The van der Waals surface area contributed by atoms with Gasteiger partial charge in [0.25, 0.3) is 0 Å². The summed E-state index contributed by atoms with van der Waals surface area (Å²) in [7, 11) is -5.13. The number of nitrogens with one attached hydrogen (secondary N) is 1. The fourth-order valence-corrected chi connectivity index (χ4v) is 0.839. The molecule has 0 saturated heterocycles. The normalized spacial score (nSPS) is 12.6. The van der Waals surface area contributed by atoms with Crippen molar-refractivity contribution >= 4 is 25.0 Å². The van der Waals surface area contributed by atoms with E-state index in [1.54, 1.807) is 5.32 Å². The van der Waals surface area contributed by atoms with E-state index < -0.39 is 32.1 Å². The van der Waals surface area contributed by atoms with Gasteiger partial charge in [0.05, 0.1) is 14.4 Å². The molecule has 0 rings (SSSR count). The maximum absolute atomic E-state index is 11.7. The number of phosphoric ester groups is 1. The molecule has 84 valence electrons. The van der Waals surface area contributed by atoms with E-state index in [0.717, 1.165) is 0 Å². The van der Waals surface area contributed by atoms with Crippen molar-refractivity contribution in [3.05, 3.63) is 0 Å². The Hall–Kier alpha value is -0.210. The highest BCUT2D eigenvalue weighted by Crippen LogP contribution is 2.23. The standard InChI is InChI=1S/C4H7F3NO4PS/c5-4(6,7)3(14)8-1-2-12-13(9,10)11/h1-2H2,(H,8,14)(H2,9,10,11)/p-2. The Bertz CT molecular complexity index is 251. The van der Waals surface area contributed by atoms with Crippen LogP contribution >= 0.6 is 20.0 Å². The van der Waals surface area contributed by atoms with Crippen LogP contribution in [-0.4, -0.2) is 24.3 Å². The van der Waals surface area contributed by atoms with E-state index in [9.17, 15) is 27.5 Å². The zero-order valence-electron chi connectivity index (χ0n) is 6.54. The first-order valence-electron chi connectivity index (χ1n) is 3.14. The second-order valence-electron chi connectivity index (χ2n) is 2.03. The van der Waals surface area contributed by atoms with Crippen molar-refractivity contribution < 1.29 is 32.0 Å². The largest absolute Gasteiger partial charge is 0.790 e. The lowest BCUT2D eigenvalue weighted by molar-refractivity contribution is -0.341. The minimum Gasteiger partial charge on any atom is -0.790 e. The van der Waals surface area contributed by atoms with Gasteiger partial charge in [0.2, 0.25) is 0 Å². The molecule has 0 aromatic carbocycles. The van der Waals surface area contributed by atoms with Crippen LogP contribution in [0.15, 0.2) is 0 Å². The van der Waals surface area contributed by atoms with Crippen LogP contribution in [0.25, 0.3) is 0 Å². The summed E-state index contributed by atoms with van der Waals surface area (Å²) in [5, 5.41) is 1.68. The minimum absolute atomic E-state index is 0.507. The van der Waals surface area contributed by atoms with Gasteiger partial charge in [0.15, 0.2) is 4.99 Å². The molecule has 0 aliphatic carbocycles. The van der Waals surface area contributed by atoms with Crippen LogP contribution in [0.2, 0.25) is 0 Å². The van der Waals surface area contributed by atoms with Crippen molar-refractivity contribution in [2.75, 3.05) is 13.2 Å². The molecule has 0 aliphatic rings. The summed E-state index contributed by atoms with van der Waals surface area (Å²) in [5.41, 5.74) is 0. The molecular formula is C4H5F3NO4PS-2. The van der Waals surface area contributed by atoms with Gasteiger partial charge in [-0.25, -0.2) is 0 Å². The molecule has 0 atom stereocenters. The average Bonchev–Trinajstić information content (AvgIpc) is 1.93. The lowest BCUT2D eigenvalue weighted by Crippen LogP contribution is -2.37. The highest BCUT2D eigenvalue weighted by Gasteiger charge is 2.33. The van der Waals surface area contributed by atoms with Crippen LogP contribution in [-0.2, 0) is 9.09 Å². The van der Waals surface area contributed by atoms with E-state index in [1.807, 2.05) is 0 Å². The molecule has 0 saturated carbocycles. The lowest BCUT2D eigenvalue weighted by Gasteiger charge is -2.28. The molecule has 0 bridgehead atoms. The highest BCUT2D eigenvalue weighted by atomic mass is 32.1. The SMILES string of the molecule is O=P([O-])([O-])OCCNC(=S)C(F)(F)F. The van der Waals surface area contributed by atoms with Crippen LogP contribution in [0, 0.1) is 0 Å². The molecule has 0 fully saturated rings. The molecule has 0 aromatic rings. The maximum Gasteiger partial charge on any atom is 0.441 e. The van der Waals surface area contributed by atoms with E-state index in [0.29, 0.717) is 0 Å². The van der Waals surface area contributed by atoms with Gasteiger partial charge in [-0.15, -0.1) is 0 Å². The Kier molecular flexibility index (Phi) is 4.96. The molecule has 0 aromatic heterocycles. The molecular weight excluding hydrogens is 246 g/mol. The summed E-state index contributed by atoms with van der Waals surface area (Å²) in [6.07, 6.45) is -4.67. The van der Waals surface area contributed by atoms with Crippen LogP contribution in [0.1, 0.15) is 0 Å². The van der Waals surface area contributed by atoms with Gasteiger partial charge in [0.1, 0.15) is 0 Å². The molecule has 14 heavy (non-hydrogen) atoms. The van der Waals surface area contributed by atoms with Crippen LogP contribution in [0.4, 0.5) is 13.2 Å². The number of thiocarbonyl (C=S) groups is 1. The number of phosphoric acid groups is 1. The molecule has 0 aliphatic heterocycles. The van der Waals surface area contributed by atoms with E-state index >= 15 is 0 Å². The second-order valence-corrected chi connectivity index (χ2v) is 3.59. The van der Waals surface area contributed by atoms with Crippen molar-refractivity contribution in [1.82, 2.24) is 5.32 Å². The van der Waals surface area contributed by atoms with Crippen LogP contribution in [0.3, 0.4) is 0 Å². The molecule has 0 unspecified atom stereocenters. The quantitative estimate of drug-likeness (QED) is 0.404. The molecule has 10 heteroatoms. The lowest BCUT2D eigenvalue weighted by atomic mass is 10.6. The zero-order chi connectivity index (χ0) is 11.4. The van der Waals surface area contributed by atoms with Crippen molar-refractivity contribution in [3.63, 3.8) is 0 Å². The molecule has 1 N–H and O–H groups in total. The van der Waals surface area contributed by atoms with Gasteiger partial charge in [-0.05, 0) is 0 Å². The predicted octanol–water partition coefficient (Wildman–Crippen LogP) is -0.689. The molecule has 5 nitrogen and oxygen atoms in total. The summed E-state index contributed by atoms with van der Waals surface area (Å²) >= 11 is 3.88. The first-order chi connectivity index (χ1) is 6.13. The van der Waals surface area contributed by atoms with Crippen molar-refractivity contribution in [2.24, 2.45) is 0 Å². The topological polar surface area (TPSA) is 84.5 Å². The Morgan fingerprint density at radius 1 is 1.50 bits per heavy atom. The number of hydrogen-bond acceptors (Lipinski definition) is 5. The average molecular weight is 251 g/mol. The van der Waals surface area contributed by atoms with E-state index in [-0.39, 0.29) is 0 Å². The van der Waals surface area contributed by atoms with Gasteiger partial charge >= 0.3 is 6.18 Å². The van der Waals surface area contributed by atoms with Gasteiger partial charge in [0, 0.05) is 6.54 Å². The van der Waals surface area contributed by atoms with Gasteiger partial charge in [-0.1, -0.05) is 12.2 Å². The van der Waals surface area contributed by atoms with Crippen molar-refractivity contribution in [1.29, 1.82) is 0 Å². The molecule has 0 amide bonds. The number of hydrogen-bond donors (Lipinski definition) is 1. The summed E-state index contributed by atoms with van der Waals surface area (Å²) in [4.78, 5) is 18.3. The fourth-order valence-electron chi connectivity index (χ4n) is 0.422. The first-order valence-corrected chi connectivity index (χ1v) is 5.01. The fraction of sp³-hybridized carbons (Fsp3) is 0.750. The predicted molar refractivity (Wildman–Crippen MR) is 40.2 cm³/mol. The third-order valence-electron chi connectivity index (χ3n) is 0.894. The van der Waals surface area contributed by atoms with E-state index in [2.05, 4.69) is 16.7 Å². The third kappa shape index (κ3) is 7.22. The summed E-state index contributed by atoms with van der Waals surface area (Å²) < 4.78 is 48.6. The van der Waals surface area contributed by atoms with E-state index in [4.69, 9.17) is 0 Å². The molecule has 0 spiro atoms. The Labute approximate surface area is 82.5 Å². The Balaban J connectivity index is 3.67. The summed E-state index contributed by atoms with van der Waals surface area (Å²) in [6.45, 7) is -1.20. The Morgan fingerprint density at radius 3 is 2.36 bits per heavy atom. The summed E-state index contributed by atoms with van der Waals surface area (Å²) in [5.74, 6) is 0.